The van der Waals surface area contributed by atoms with Crippen molar-refractivity contribution in [3.05, 3.63) is 17.0 Å². The minimum absolute atomic E-state index is 0.276. The van der Waals surface area contributed by atoms with Crippen LogP contribution in [0.15, 0.2) is 6.33 Å². The van der Waals surface area contributed by atoms with Crippen LogP contribution in [0.1, 0.15) is 38.2 Å². The zero-order chi connectivity index (χ0) is 11.5. The molecule has 2 unspecified atom stereocenters. The van der Waals surface area contributed by atoms with E-state index in [9.17, 15) is 0 Å². The maximum atomic E-state index is 5.94. The molecule has 0 radical (unpaired) electrons. The Bertz CT molecular complexity index is 370. The molecule has 1 fully saturated rings. The van der Waals surface area contributed by atoms with E-state index in [0.717, 1.165) is 12.0 Å². The van der Waals surface area contributed by atoms with Crippen molar-refractivity contribution in [3.8, 4) is 5.88 Å². The molecule has 0 aromatic carbocycles. The predicted octanol–water partition coefficient (Wildman–Crippen LogP) is 3.40. The van der Waals surface area contributed by atoms with Crippen LogP contribution in [0.3, 0.4) is 0 Å². The number of aromatic nitrogens is 2. The van der Waals surface area contributed by atoms with Gasteiger partial charge in [-0.15, -0.1) is 0 Å². The average Bonchev–Trinajstić information content (AvgIpc) is 2.28. The van der Waals surface area contributed by atoms with E-state index in [2.05, 4.69) is 16.9 Å². The van der Waals surface area contributed by atoms with Gasteiger partial charge in [0.05, 0.1) is 0 Å². The summed E-state index contributed by atoms with van der Waals surface area (Å²) in [6, 6.07) is 0. The molecule has 2 rings (SSSR count). The second kappa shape index (κ2) is 5.00. The first-order valence-corrected chi connectivity index (χ1v) is 6.20. The molecule has 0 bridgehead atoms. The molecule has 4 heteroatoms. The van der Waals surface area contributed by atoms with Gasteiger partial charge in [0.2, 0.25) is 5.88 Å². The number of ether oxygens (including phenoxy) is 1. The van der Waals surface area contributed by atoms with Gasteiger partial charge in [-0.2, -0.15) is 0 Å². The summed E-state index contributed by atoms with van der Waals surface area (Å²) in [5, 5.41) is 0.480. The van der Waals surface area contributed by atoms with Crippen molar-refractivity contribution in [1.82, 2.24) is 9.97 Å². The van der Waals surface area contributed by atoms with Gasteiger partial charge in [-0.1, -0.05) is 24.9 Å². The van der Waals surface area contributed by atoms with Crippen molar-refractivity contribution in [1.29, 1.82) is 0 Å². The van der Waals surface area contributed by atoms with E-state index in [-0.39, 0.29) is 6.10 Å². The monoisotopic (exact) mass is 240 g/mol. The molecule has 16 heavy (non-hydrogen) atoms. The van der Waals surface area contributed by atoms with Crippen LogP contribution in [0, 0.1) is 12.8 Å². The Balaban J connectivity index is 2.10. The summed E-state index contributed by atoms with van der Waals surface area (Å²) in [4.78, 5) is 8.08. The molecule has 1 aliphatic rings. The SMILES string of the molecule is Cc1c(Cl)ncnc1OC1CCCCC1C. The van der Waals surface area contributed by atoms with Gasteiger partial charge in [0.15, 0.2) is 0 Å². The summed E-state index contributed by atoms with van der Waals surface area (Å²) >= 11 is 5.94. The Kier molecular flexibility index (Phi) is 3.64. The smallest absolute Gasteiger partial charge is 0.221 e. The van der Waals surface area contributed by atoms with Crippen LogP contribution >= 0.6 is 11.6 Å². The number of rotatable bonds is 2. The number of halogens is 1. The Hall–Kier alpha value is -0.830. The lowest BCUT2D eigenvalue weighted by molar-refractivity contribution is 0.0966. The van der Waals surface area contributed by atoms with Gasteiger partial charge in [0, 0.05) is 5.56 Å². The third-order valence-electron chi connectivity index (χ3n) is 3.27. The summed E-state index contributed by atoms with van der Waals surface area (Å²) in [7, 11) is 0. The van der Waals surface area contributed by atoms with Crippen molar-refractivity contribution < 1.29 is 4.74 Å². The molecule has 1 aliphatic carbocycles. The lowest BCUT2D eigenvalue weighted by atomic mass is 9.88. The lowest BCUT2D eigenvalue weighted by Gasteiger charge is -2.29. The first kappa shape index (κ1) is 11.6. The molecule has 0 spiro atoms. The molecular formula is C12H17ClN2O. The third-order valence-corrected chi connectivity index (χ3v) is 3.65. The van der Waals surface area contributed by atoms with Crippen molar-refractivity contribution in [2.24, 2.45) is 5.92 Å². The molecular weight excluding hydrogens is 224 g/mol. The van der Waals surface area contributed by atoms with E-state index in [1.54, 1.807) is 0 Å². The molecule has 1 saturated carbocycles. The van der Waals surface area contributed by atoms with E-state index < -0.39 is 0 Å². The quantitative estimate of drug-likeness (QED) is 0.744. The second-order valence-electron chi connectivity index (χ2n) is 4.51. The molecule has 0 aliphatic heterocycles. The Morgan fingerprint density at radius 1 is 1.31 bits per heavy atom. The molecule has 1 heterocycles. The van der Waals surface area contributed by atoms with Crippen LogP contribution in [0.25, 0.3) is 0 Å². The zero-order valence-electron chi connectivity index (χ0n) is 9.74. The van der Waals surface area contributed by atoms with Gasteiger partial charge in [0.25, 0.3) is 0 Å². The van der Waals surface area contributed by atoms with E-state index in [4.69, 9.17) is 16.3 Å². The number of hydrogen-bond donors (Lipinski definition) is 0. The van der Waals surface area contributed by atoms with Crippen molar-refractivity contribution in [2.75, 3.05) is 0 Å². The highest BCUT2D eigenvalue weighted by Gasteiger charge is 2.24. The molecule has 0 N–H and O–H groups in total. The first-order chi connectivity index (χ1) is 7.68. The van der Waals surface area contributed by atoms with Crippen LogP contribution in [-0.2, 0) is 0 Å². The highest BCUT2D eigenvalue weighted by Crippen LogP contribution is 2.29. The molecule has 0 saturated heterocycles. The van der Waals surface area contributed by atoms with Gasteiger partial charge < -0.3 is 4.74 Å². The fraction of sp³-hybridized carbons (Fsp3) is 0.667. The highest BCUT2D eigenvalue weighted by molar-refractivity contribution is 6.30. The van der Waals surface area contributed by atoms with Gasteiger partial charge in [-0.05, 0) is 32.1 Å². The second-order valence-corrected chi connectivity index (χ2v) is 4.87. The van der Waals surface area contributed by atoms with Gasteiger partial charge in [-0.3, -0.25) is 0 Å². The summed E-state index contributed by atoms with van der Waals surface area (Å²) in [5.41, 5.74) is 0.835. The largest absolute Gasteiger partial charge is 0.474 e. The fourth-order valence-electron chi connectivity index (χ4n) is 2.13. The summed E-state index contributed by atoms with van der Waals surface area (Å²) < 4.78 is 5.94. The van der Waals surface area contributed by atoms with E-state index in [1.165, 1.54) is 25.6 Å². The predicted molar refractivity (Wildman–Crippen MR) is 63.8 cm³/mol. The average molecular weight is 241 g/mol. The highest BCUT2D eigenvalue weighted by atomic mass is 35.5. The van der Waals surface area contributed by atoms with Gasteiger partial charge >= 0.3 is 0 Å². The molecule has 0 amide bonds. The molecule has 3 nitrogen and oxygen atoms in total. The zero-order valence-corrected chi connectivity index (χ0v) is 10.5. The van der Waals surface area contributed by atoms with Crippen LogP contribution in [0.5, 0.6) is 5.88 Å². The van der Waals surface area contributed by atoms with Crippen molar-refractivity contribution in [3.63, 3.8) is 0 Å². The number of hydrogen-bond acceptors (Lipinski definition) is 3. The van der Waals surface area contributed by atoms with Crippen LogP contribution < -0.4 is 4.74 Å². The number of nitrogens with zero attached hydrogens (tertiary/aromatic N) is 2. The third kappa shape index (κ3) is 2.46. The maximum absolute atomic E-state index is 5.94. The Labute approximate surface area is 101 Å². The van der Waals surface area contributed by atoms with E-state index >= 15 is 0 Å². The lowest BCUT2D eigenvalue weighted by Crippen LogP contribution is -2.28. The van der Waals surface area contributed by atoms with E-state index in [1.807, 2.05) is 6.92 Å². The van der Waals surface area contributed by atoms with Crippen LogP contribution in [0.4, 0.5) is 0 Å². The standard InChI is InChI=1S/C12H17ClN2O/c1-8-5-3-4-6-10(8)16-12-9(2)11(13)14-7-15-12/h7-8,10H,3-6H2,1-2H3. The first-order valence-electron chi connectivity index (χ1n) is 5.82. The molecule has 2 atom stereocenters. The normalized spacial score (nSPS) is 25.4. The fourth-order valence-corrected chi connectivity index (χ4v) is 2.26. The summed E-state index contributed by atoms with van der Waals surface area (Å²) in [5.74, 6) is 1.24. The molecule has 1 aromatic heterocycles. The minimum Gasteiger partial charge on any atom is -0.474 e. The van der Waals surface area contributed by atoms with Crippen LogP contribution in [-0.4, -0.2) is 16.1 Å². The Morgan fingerprint density at radius 3 is 2.81 bits per heavy atom. The minimum atomic E-state index is 0.276. The molecule has 88 valence electrons. The van der Waals surface area contributed by atoms with Gasteiger partial charge in [0.1, 0.15) is 17.6 Å². The van der Waals surface area contributed by atoms with Gasteiger partial charge in [-0.25, -0.2) is 9.97 Å². The molecule has 1 aromatic rings. The summed E-state index contributed by atoms with van der Waals surface area (Å²) in [6.07, 6.45) is 6.64. The Morgan fingerprint density at radius 2 is 2.06 bits per heavy atom. The van der Waals surface area contributed by atoms with E-state index in [0.29, 0.717) is 17.0 Å². The maximum Gasteiger partial charge on any atom is 0.221 e. The van der Waals surface area contributed by atoms with Crippen LogP contribution in [0.2, 0.25) is 5.15 Å². The van der Waals surface area contributed by atoms with Crippen molar-refractivity contribution in [2.45, 2.75) is 45.6 Å². The van der Waals surface area contributed by atoms with Crippen molar-refractivity contribution >= 4 is 11.6 Å². The summed E-state index contributed by atoms with van der Waals surface area (Å²) in [6.45, 7) is 4.13. The topological polar surface area (TPSA) is 35.0 Å².